The van der Waals surface area contributed by atoms with Crippen molar-refractivity contribution >= 4 is 23.6 Å². The molecule has 1 aliphatic rings. The van der Waals surface area contributed by atoms with Crippen molar-refractivity contribution in [2.45, 2.75) is 6.42 Å². The third kappa shape index (κ3) is 2.97. The number of carbonyl (C=O) groups is 1. The van der Waals surface area contributed by atoms with Gasteiger partial charge in [-0.25, -0.2) is 9.79 Å². The number of nitrogens with two attached hydrogens (primary N) is 1. The maximum atomic E-state index is 11.2. The summed E-state index contributed by atoms with van der Waals surface area (Å²) in [5.74, 6) is -0.734. The van der Waals surface area contributed by atoms with Crippen LogP contribution < -0.4 is 5.73 Å². The van der Waals surface area contributed by atoms with E-state index >= 15 is 0 Å². The molecule has 0 aliphatic carbocycles. The zero-order valence-electron chi connectivity index (χ0n) is 12.2. The number of fused-ring (bicyclic) bond motifs is 1. The smallest absolute Gasteiger partial charge is 0.332 e. The van der Waals surface area contributed by atoms with Gasteiger partial charge in [0.2, 0.25) is 0 Å². The Morgan fingerprint density at radius 3 is 2.74 bits per heavy atom. The van der Waals surface area contributed by atoms with E-state index < -0.39 is 5.97 Å². The van der Waals surface area contributed by atoms with Crippen LogP contribution in [0, 0.1) is 11.3 Å². The standard InChI is InChI=1S/C18H13N3O2/c19-10-11-2-1-3-12(6-11)13-4-5-14-7-15(18(22)23)9-17(20)21-16(14)8-13/h1-8H,9H2,(H2,20,21)(H,22,23). The number of hydrogen-bond acceptors (Lipinski definition) is 4. The molecule has 0 radical (unpaired) electrons. The lowest BCUT2D eigenvalue weighted by Gasteiger charge is -2.06. The third-order valence-corrected chi connectivity index (χ3v) is 3.60. The molecular formula is C18H13N3O2. The first-order chi connectivity index (χ1) is 11.1. The monoisotopic (exact) mass is 303 g/mol. The largest absolute Gasteiger partial charge is 0.478 e. The molecule has 2 aromatic carbocycles. The zero-order chi connectivity index (χ0) is 16.4. The predicted octanol–water partition coefficient (Wildman–Crippen LogP) is 3.09. The van der Waals surface area contributed by atoms with Crippen LogP contribution in [0.3, 0.4) is 0 Å². The van der Waals surface area contributed by atoms with Crippen LogP contribution >= 0.6 is 0 Å². The Labute approximate surface area is 133 Å². The number of aliphatic imine (C=N–C) groups is 1. The topological polar surface area (TPSA) is 99.5 Å². The lowest BCUT2D eigenvalue weighted by molar-refractivity contribution is -0.132. The Hall–Kier alpha value is -3.39. The number of benzene rings is 2. The van der Waals surface area contributed by atoms with Crippen LogP contribution in [0.25, 0.3) is 17.2 Å². The molecule has 0 bridgehead atoms. The average molecular weight is 303 g/mol. The van der Waals surface area contributed by atoms with Crippen LogP contribution in [0.1, 0.15) is 17.5 Å². The van der Waals surface area contributed by atoms with E-state index in [0.29, 0.717) is 16.8 Å². The van der Waals surface area contributed by atoms with E-state index in [1.54, 1.807) is 18.2 Å². The normalized spacial score (nSPS) is 13.2. The van der Waals surface area contributed by atoms with E-state index in [2.05, 4.69) is 11.1 Å². The number of nitrogens with zero attached hydrogens (tertiary/aromatic N) is 2. The molecule has 0 saturated heterocycles. The number of carboxylic acid groups (broad SMARTS) is 1. The Morgan fingerprint density at radius 2 is 2.00 bits per heavy atom. The lowest BCUT2D eigenvalue weighted by atomic mass is 10.00. The fourth-order valence-electron chi connectivity index (χ4n) is 2.48. The van der Waals surface area contributed by atoms with Gasteiger partial charge in [-0.1, -0.05) is 24.3 Å². The maximum absolute atomic E-state index is 11.2. The van der Waals surface area contributed by atoms with Crippen molar-refractivity contribution in [1.29, 1.82) is 5.26 Å². The highest BCUT2D eigenvalue weighted by Crippen LogP contribution is 2.31. The van der Waals surface area contributed by atoms with E-state index in [1.165, 1.54) is 0 Å². The van der Waals surface area contributed by atoms with Gasteiger partial charge in [-0.05, 0) is 35.4 Å². The maximum Gasteiger partial charge on any atom is 0.332 e. The van der Waals surface area contributed by atoms with Crippen molar-refractivity contribution in [1.82, 2.24) is 0 Å². The molecule has 0 atom stereocenters. The van der Waals surface area contributed by atoms with Gasteiger partial charge < -0.3 is 10.8 Å². The predicted molar refractivity (Wildman–Crippen MR) is 88.1 cm³/mol. The van der Waals surface area contributed by atoms with Gasteiger partial charge in [-0.15, -0.1) is 0 Å². The molecule has 0 amide bonds. The lowest BCUT2D eigenvalue weighted by Crippen LogP contribution is -2.14. The van der Waals surface area contributed by atoms with Gasteiger partial charge in [0.15, 0.2) is 0 Å². The molecule has 0 saturated carbocycles. The van der Waals surface area contributed by atoms with Gasteiger partial charge in [0.05, 0.1) is 17.3 Å². The highest BCUT2D eigenvalue weighted by Gasteiger charge is 2.15. The minimum Gasteiger partial charge on any atom is -0.478 e. The van der Waals surface area contributed by atoms with Crippen molar-refractivity contribution in [3.8, 4) is 17.2 Å². The molecule has 0 aromatic heterocycles. The molecule has 1 aliphatic heterocycles. The summed E-state index contributed by atoms with van der Waals surface area (Å²) >= 11 is 0. The molecule has 3 rings (SSSR count). The van der Waals surface area contributed by atoms with E-state index in [1.807, 2.05) is 30.3 Å². The molecular weight excluding hydrogens is 290 g/mol. The number of nitriles is 1. The number of carboxylic acids is 1. The molecule has 2 aromatic rings. The second-order valence-corrected chi connectivity index (χ2v) is 5.22. The molecule has 23 heavy (non-hydrogen) atoms. The summed E-state index contributed by atoms with van der Waals surface area (Å²) in [4.78, 5) is 15.5. The second-order valence-electron chi connectivity index (χ2n) is 5.22. The van der Waals surface area contributed by atoms with Crippen LogP contribution in [-0.4, -0.2) is 16.9 Å². The first-order valence-corrected chi connectivity index (χ1v) is 6.98. The number of rotatable bonds is 2. The van der Waals surface area contributed by atoms with E-state index in [0.717, 1.165) is 11.1 Å². The first-order valence-electron chi connectivity index (χ1n) is 6.98. The zero-order valence-corrected chi connectivity index (χ0v) is 12.2. The van der Waals surface area contributed by atoms with Crippen molar-refractivity contribution < 1.29 is 9.90 Å². The van der Waals surface area contributed by atoms with E-state index in [4.69, 9.17) is 11.0 Å². The molecule has 1 heterocycles. The average Bonchev–Trinajstić information content (AvgIpc) is 2.72. The van der Waals surface area contributed by atoms with E-state index in [-0.39, 0.29) is 17.8 Å². The van der Waals surface area contributed by atoms with Gasteiger partial charge >= 0.3 is 5.97 Å². The summed E-state index contributed by atoms with van der Waals surface area (Å²) < 4.78 is 0. The van der Waals surface area contributed by atoms with Crippen molar-refractivity contribution in [3.05, 3.63) is 59.2 Å². The number of hydrogen-bond donors (Lipinski definition) is 2. The molecule has 5 heteroatoms. The summed E-state index contributed by atoms with van der Waals surface area (Å²) in [6, 6.07) is 14.9. The highest BCUT2D eigenvalue weighted by atomic mass is 16.4. The summed E-state index contributed by atoms with van der Waals surface area (Å²) in [7, 11) is 0. The highest BCUT2D eigenvalue weighted by molar-refractivity contribution is 6.02. The summed E-state index contributed by atoms with van der Waals surface area (Å²) in [6.45, 7) is 0. The number of aliphatic carboxylic acids is 1. The van der Waals surface area contributed by atoms with Crippen molar-refractivity contribution in [2.75, 3.05) is 0 Å². The van der Waals surface area contributed by atoms with Gasteiger partial charge in [-0.2, -0.15) is 5.26 Å². The van der Waals surface area contributed by atoms with Gasteiger partial charge in [0.1, 0.15) is 5.84 Å². The number of amidine groups is 1. The van der Waals surface area contributed by atoms with Gasteiger partial charge in [0, 0.05) is 17.6 Å². The van der Waals surface area contributed by atoms with Gasteiger partial charge in [-0.3, -0.25) is 0 Å². The van der Waals surface area contributed by atoms with Crippen molar-refractivity contribution in [3.63, 3.8) is 0 Å². The Balaban J connectivity index is 2.11. The molecule has 0 spiro atoms. The fraction of sp³-hybridized carbons (Fsp3) is 0.0556. The van der Waals surface area contributed by atoms with Crippen LogP contribution in [0.15, 0.2) is 53.0 Å². The molecule has 3 N–H and O–H groups in total. The van der Waals surface area contributed by atoms with Crippen LogP contribution in [0.4, 0.5) is 5.69 Å². The SMILES string of the molecule is N#Cc1cccc(-c2ccc3c(c2)N=C(N)CC(C(=O)O)=C3)c1. The van der Waals surface area contributed by atoms with Gasteiger partial charge in [0.25, 0.3) is 0 Å². The fourth-order valence-corrected chi connectivity index (χ4v) is 2.48. The summed E-state index contributed by atoms with van der Waals surface area (Å²) in [5.41, 5.74) is 9.73. The quantitative estimate of drug-likeness (QED) is 0.890. The first kappa shape index (κ1) is 14.5. The second kappa shape index (κ2) is 5.78. The summed E-state index contributed by atoms with van der Waals surface area (Å²) in [5, 5.41) is 18.2. The summed E-state index contributed by atoms with van der Waals surface area (Å²) in [6.07, 6.45) is 1.71. The van der Waals surface area contributed by atoms with Crippen LogP contribution in [0.5, 0.6) is 0 Å². The minimum atomic E-state index is -0.998. The minimum absolute atomic E-state index is 0.114. The van der Waals surface area contributed by atoms with Crippen molar-refractivity contribution in [2.24, 2.45) is 10.7 Å². The Bertz CT molecular complexity index is 905. The molecule has 0 fully saturated rings. The van der Waals surface area contributed by atoms with Crippen LogP contribution in [0.2, 0.25) is 0 Å². The third-order valence-electron chi connectivity index (χ3n) is 3.60. The van der Waals surface area contributed by atoms with Crippen LogP contribution in [-0.2, 0) is 4.79 Å². The Kier molecular flexibility index (Phi) is 3.65. The Morgan fingerprint density at radius 1 is 1.22 bits per heavy atom. The van der Waals surface area contributed by atoms with E-state index in [9.17, 15) is 9.90 Å². The molecule has 5 nitrogen and oxygen atoms in total. The molecule has 0 unspecified atom stereocenters. The molecule has 112 valence electrons.